The number of ether oxygens (including phenoxy) is 1. The first kappa shape index (κ1) is 11.5. The van der Waals surface area contributed by atoms with E-state index in [-0.39, 0.29) is 0 Å². The van der Waals surface area contributed by atoms with Crippen LogP contribution in [-0.2, 0) is 12.8 Å². The van der Waals surface area contributed by atoms with Crippen LogP contribution >= 0.6 is 0 Å². The minimum atomic E-state index is 0.545. The number of nitrogens with two attached hydrogens (primary N) is 1. The van der Waals surface area contributed by atoms with Gasteiger partial charge in [0.25, 0.3) is 0 Å². The Kier molecular flexibility index (Phi) is 3.65. The summed E-state index contributed by atoms with van der Waals surface area (Å²) in [6.07, 6.45) is 1.85. The monoisotopic (exact) mass is 231 g/mol. The topological polar surface area (TPSA) is 63.9 Å². The third kappa shape index (κ3) is 3.24. The molecule has 1 aromatic carbocycles. The van der Waals surface area contributed by atoms with Crippen molar-refractivity contribution in [3.05, 3.63) is 41.6 Å². The Hall–Kier alpha value is -1.97. The maximum absolute atomic E-state index is 5.55. The van der Waals surface area contributed by atoms with Crippen molar-refractivity contribution in [2.75, 3.05) is 12.3 Å². The highest BCUT2D eigenvalue weighted by atomic mass is 16.5. The zero-order chi connectivity index (χ0) is 12.1. The molecule has 0 radical (unpaired) electrons. The van der Waals surface area contributed by atoms with Crippen molar-refractivity contribution in [3.8, 4) is 5.75 Å². The number of H-pyrrole nitrogens is 1. The van der Waals surface area contributed by atoms with E-state index in [1.165, 1.54) is 5.56 Å². The number of rotatable bonds is 5. The van der Waals surface area contributed by atoms with E-state index in [9.17, 15) is 0 Å². The zero-order valence-electron chi connectivity index (χ0n) is 9.94. The molecule has 4 heteroatoms. The van der Waals surface area contributed by atoms with Gasteiger partial charge in [0, 0.05) is 11.8 Å². The highest BCUT2D eigenvalue weighted by Crippen LogP contribution is 2.15. The SMILES string of the molecule is CCOc1cccc(CCc2cc(N)n[nH]2)c1. The highest BCUT2D eigenvalue weighted by molar-refractivity contribution is 5.31. The molecule has 1 aromatic heterocycles. The quantitative estimate of drug-likeness (QED) is 0.829. The molecule has 0 saturated carbocycles. The van der Waals surface area contributed by atoms with Crippen molar-refractivity contribution in [1.82, 2.24) is 10.2 Å². The van der Waals surface area contributed by atoms with Crippen LogP contribution in [0.1, 0.15) is 18.2 Å². The van der Waals surface area contributed by atoms with Gasteiger partial charge in [-0.2, -0.15) is 5.10 Å². The molecule has 90 valence electrons. The lowest BCUT2D eigenvalue weighted by Crippen LogP contribution is -1.95. The highest BCUT2D eigenvalue weighted by Gasteiger charge is 2.00. The molecule has 4 nitrogen and oxygen atoms in total. The Morgan fingerprint density at radius 2 is 2.18 bits per heavy atom. The number of benzene rings is 1. The number of aryl methyl sites for hydroxylation is 2. The first-order chi connectivity index (χ1) is 8.28. The molecule has 0 aliphatic carbocycles. The minimum Gasteiger partial charge on any atom is -0.494 e. The summed E-state index contributed by atoms with van der Waals surface area (Å²) in [6.45, 7) is 2.68. The van der Waals surface area contributed by atoms with E-state index in [1.807, 2.05) is 25.1 Å². The fourth-order valence-corrected chi connectivity index (χ4v) is 1.74. The van der Waals surface area contributed by atoms with E-state index in [2.05, 4.69) is 22.3 Å². The van der Waals surface area contributed by atoms with Crippen LogP contribution in [0.3, 0.4) is 0 Å². The van der Waals surface area contributed by atoms with Crippen molar-refractivity contribution < 1.29 is 4.74 Å². The van der Waals surface area contributed by atoms with Gasteiger partial charge >= 0.3 is 0 Å². The van der Waals surface area contributed by atoms with E-state index in [4.69, 9.17) is 10.5 Å². The first-order valence-corrected chi connectivity index (χ1v) is 5.79. The minimum absolute atomic E-state index is 0.545. The van der Waals surface area contributed by atoms with E-state index in [0.717, 1.165) is 24.3 Å². The number of nitrogen functional groups attached to an aromatic ring is 1. The predicted octanol–water partition coefficient (Wildman–Crippen LogP) is 2.18. The molecule has 0 bridgehead atoms. The van der Waals surface area contributed by atoms with Crippen LogP contribution in [0.4, 0.5) is 5.82 Å². The molecular formula is C13H17N3O. The van der Waals surface area contributed by atoms with Crippen molar-refractivity contribution in [2.24, 2.45) is 0 Å². The summed E-state index contributed by atoms with van der Waals surface area (Å²) in [5, 5.41) is 6.81. The number of anilines is 1. The third-order valence-electron chi connectivity index (χ3n) is 2.54. The molecule has 0 aliphatic heterocycles. The van der Waals surface area contributed by atoms with Crippen LogP contribution in [0.25, 0.3) is 0 Å². The molecule has 0 unspecified atom stereocenters. The number of hydrogen-bond donors (Lipinski definition) is 2. The summed E-state index contributed by atoms with van der Waals surface area (Å²) < 4.78 is 5.46. The Morgan fingerprint density at radius 1 is 1.29 bits per heavy atom. The number of nitrogens with one attached hydrogen (secondary N) is 1. The molecular weight excluding hydrogens is 214 g/mol. The summed E-state index contributed by atoms with van der Waals surface area (Å²) in [5.74, 6) is 1.47. The molecule has 0 fully saturated rings. The fraction of sp³-hybridized carbons (Fsp3) is 0.308. The van der Waals surface area contributed by atoms with Gasteiger partial charge in [-0.05, 0) is 37.5 Å². The van der Waals surface area contributed by atoms with Crippen molar-refractivity contribution >= 4 is 5.82 Å². The average Bonchev–Trinajstić information content (AvgIpc) is 2.74. The summed E-state index contributed by atoms with van der Waals surface area (Å²) >= 11 is 0. The van der Waals surface area contributed by atoms with Crippen molar-refractivity contribution in [3.63, 3.8) is 0 Å². The molecule has 1 heterocycles. The van der Waals surface area contributed by atoms with Crippen molar-refractivity contribution in [1.29, 1.82) is 0 Å². The average molecular weight is 231 g/mol. The van der Waals surface area contributed by atoms with E-state index >= 15 is 0 Å². The Morgan fingerprint density at radius 3 is 2.88 bits per heavy atom. The second kappa shape index (κ2) is 5.39. The van der Waals surface area contributed by atoms with E-state index in [0.29, 0.717) is 12.4 Å². The predicted molar refractivity (Wildman–Crippen MR) is 68.0 cm³/mol. The van der Waals surface area contributed by atoms with Crippen LogP contribution in [0.2, 0.25) is 0 Å². The molecule has 2 rings (SSSR count). The zero-order valence-corrected chi connectivity index (χ0v) is 9.94. The maximum Gasteiger partial charge on any atom is 0.145 e. The van der Waals surface area contributed by atoms with Crippen LogP contribution < -0.4 is 10.5 Å². The smallest absolute Gasteiger partial charge is 0.145 e. The number of aromatic amines is 1. The van der Waals surface area contributed by atoms with Gasteiger partial charge in [-0.3, -0.25) is 5.10 Å². The molecule has 0 atom stereocenters. The molecule has 3 N–H and O–H groups in total. The van der Waals surface area contributed by atoms with Gasteiger partial charge in [0.1, 0.15) is 11.6 Å². The van der Waals surface area contributed by atoms with Gasteiger partial charge in [0.15, 0.2) is 0 Å². The van der Waals surface area contributed by atoms with Crippen molar-refractivity contribution in [2.45, 2.75) is 19.8 Å². The molecule has 17 heavy (non-hydrogen) atoms. The van der Waals surface area contributed by atoms with Gasteiger partial charge in [0.2, 0.25) is 0 Å². The van der Waals surface area contributed by atoms with Gasteiger partial charge in [0.05, 0.1) is 6.61 Å². The molecule has 0 amide bonds. The largest absolute Gasteiger partial charge is 0.494 e. The summed E-state index contributed by atoms with van der Waals surface area (Å²) in [4.78, 5) is 0. The van der Waals surface area contributed by atoms with Crippen LogP contribution in [0.15, 0.2) is 30.3 Å². The van der Waals surface area contributed by atoms with Gasteiger partial charge in [-0.25, -0.2) is 0 Å². The van der Waals surface area contributed by atoms with Crippen LogP contribution in [0.5, 0.6) is 5.75 Å². The summed E-state index contributed by atoms with van der Waals surface area (Å²) in [5.41, 5.74) is 7.86. The molecule has 0 spiro atoms. The van der Waals surface area contributed by atoms with E-state index < -0.39 is 0 Å². The Labute approximate surface area is 101 Å². The second-order valence-corrected chi connectivity index (χ2v) is 3.90. The molecule has 0 aliphatic rings. The standard InChI is InChI=1S/C13H17N3O/c1-2-17-12-5-3-4-10(8-12)6-7-11-9-13(14)16-15-11/h3-5,8-9H,2,6-7H2,1H3,(H3,14,15,16). The number of nitrogens with zero attached hydrogens (tertiary/aromatic N) is 1. The Balaban J connectivity index is 1.96. The second-order valence-electron chi connectivity index (χ2n) is 3.90. The first-order valence-electron chi connectivity index (χ1n) is 5.79. The van der Waals surface area contributed by atoms with Crippen LogP contribution in [-0.4, -0.2) is 16.8 Å². The normalized spacial score (nSPS) is 10.4. The lowest BCUT2D eigenvalue weighted by molar-refractivity contribution is 0.340. The summed E-state index contributed by atoms with van der Waals surface area (Å²) in [7, 11) is 0. The Bertz CT molecular complexity index is 479. The third-order valence-corrected chi connectivity index (χ3v) is 2.54. The lowest BCUT2D eigenvalue weighted by Gasteiger charge is -2.05. The van der Waals surface area contributed by atoms with E-state index in [1.54, 1.807) is 0 Å². The molecule has 2 aromatic rings. The lowest BCUT2D eigenvalue weighted by atomic mass is 10.1. The van der Waals surface area contributed by atoms with Gasteiger partial charge in [-0.1, -0.05) is 12.1 Å². The maximum atomic E-state index is 5.55. The number of aromatic nitrogens is 2. The summed E-state index contributed by atoms with van der Waals surface area (Å²) in [6, 6.07) is 10.0. The van der Waals surface area contributed by atoms with Crippen LogP contribution in [0, 0.1) is 0 Å². The van der Waals surface area contributed by atoms with Gasteiger partial charge < -0.3 is 10.5 Å². The fourth-order valence-electron chi connectivity index (χ4n) is 1.74. The number of hydrogen-bond acceptors (Lipinski definition) is 3. The molecule has 0 saturated heterocycles. The van der Waals surface area contributed by atoms with Gasteiger partial charge in [-0.15, -0.1) is 0 Å².